The molecule has 1 aliphatic heterocycles. The van der Waals surface area contributed by atoms with Crippen molar-refractivity contribution in [1.29, 1.82) is 0 Å². The predicted molar refractivity (Wildman–Crippen MR) is 138 cm³/mol. The number of unbranched alkanes of at least 4 members (excludes halogenated alkanes) is 1. The number of pyridine rings is 1. The van der Waals surface area contributed by atoms with Gasteiger partial charge in [0.05, 0.1) is 25.3 Å². The van der Waals surface area contributed by atoms with Crippen molar-refractivity contribution >= 4 is 17.4 Å². The summed E-state index contributed by atoms with van der Waals surface area (Å²) >= 11 is 0. The maximum Gasteiger partial charge on any atom is 0.295 e. The van der Waals surface area contributed by atoms with Crippen LogP contribution < -0.4 is 9.47 Å². The fourth-order valence-electron chi connectivity index (χ4n) is 4.38. The first-order chi connectivity index (χ1) is 17.8. The highest BCUT2D eigenvalue weighted by Gasteiger charge is 2.46. The van der Waals surface area contributed by atoms with Crippen LogP contribution in [-0.2, 0) is 16.1 Å². The normalized spacial score (nSPS) is 16.7. The number of likely N-dealkylation sites (tertiary alicyclic amines) is 1. The van der Waals surface area contributed by atoms with Gasteiger partial charge in [-0.1, -0.05) is 25.5 Å². The molecule has 1 atom stereocenters. The Hall–Kier alpha value is -4.33. The quantitative estimate of drug-likeness (QED) is 0.185. The van der Waals surface area contributed by atoms with Crippen LogP contribution in [0.15, 0.2) is 66.5 Å². The Kier molecular flexibility index (Phi) is 7.77. The van der Waals surface area contributed by atoms with Crippen LogP contribution in [0, 0.1) is 6.92 Å². The van der Waals surface area contributed by atoms with E-state index in [0.29, 0.717) is 23.5 Å². The van der Waals surface area contributed by atoms with Crippen LogP contribution in [0.5, 0.6) is 17.2 Å². The predicted octanol–water partition coefficient (Wildman–Crippen LogP) is 4.91. The molecule has 3 aromatic rings. The molecule has 4 rings (SSSR count). The number of ether oxygens (including phenoxy) is 2. The second-order valence-electron chi connectivity index (χ2n) is 8.90. The molecule has 1 saturated heterocycles. The Morgan fingerprint density at radius 3 is 2.59 bits per heavy atom. The van der Waals surface area contributed by atoms with Crippen LogP contribution >= 0.6 is 0 Å². The summed E-state index contributed by atoms with van der Waals surface area (Å²) in [5.41, 5.74) is 2.39. The number of rotatable bonds is 9. The van der Waals surface area contributed by atoms with Gasteiger partial charge in [-0.05, 0) is 66.4 Å². The first kappa shape index (κ1) is 25.8. The van der Waals surface area contributed by atoms with Crippen LogP contribution in [0.1, 0.15) is 48.1 Å². The molecule has 2 heterocycles. The van der Waals surface area contributed by atoms with E-state index in [2.05, 4.69) is 11.9 Å². The van der Waals surface area contributed by atoms with Crippen LogP contribution in [0.4, 0.5) is 0 Å². The molecule has 0 aliphatic carbocycles. The molecule has 1 aromatic heterocycles. The van der Waals surface area contributed by atoms with Crippen LogP contribution in [0.25, 0.3) is 5.76 Å². The molecule has 2 N–H and O–H groups in total. The zero-order chi connectivity index (χ0) is 26.5. The minimum absolute atomic E-state index is 0.0410. The fourth-order valence-corrected chi connectivity index (χ4v) is 4.38. The number of carbonyl (C=O) groups is 2. The number of benzene rings is 2. The lowest BCUT2D eigenvalue weighted by Crippen LogP contribution is -2.29. The van der Waals surface area contributed by atoms with Gasteiger partial charge in [0.25, 0.3) is 11.7 Å². The molecule has 1 amide bonds. The minimum Gasteiger partial charge on any atom is -0.507 e. The number of aromatic nitrogens is 1. The number of aryl methyl sites for hydroxylation is 1. The average molecular weight is 503 g/mol. The Bertz CT molecular complexity index is 1340. The van der Waals surface area contributed by atoms with Crippen LogP contribution in [0.2, 0.25) is 0 Å². The highest BCUT2D eigenvalue weighted by atomic mass is 16.5. The zero-order valence-electron chi connectivity index (χ0n) is 21.1. The van der Waals surface area contributed by atoms with Crippen molar-refractivity contribution < 1.29 is 29.3 Å². The maximum atomic E-state index is 13.3. The van der Waals surface area contributed by atoms with Gasteiger partial charge >= 0.3 is 0 Å². The van der Waals surface area contributed by atoms with Gasteiger partial charge in [-0.2, -0.15) is 0 Å². The number of amides is 1. The number of ketones is 1. The van der Waals surface area contributed by atoms with Gasteiger partial charge in [0.2, 0.25) is 0 Å². The van der Waals surface area contributed by atoms with Gasteiger partial charge in [0.1, 0.15) is 11.5 Å². The molecular weight excluding hydrogens is 472 g/mol. The Balaban J connectivity index is 1.81. The molecule has 1 fully saturated rings. The SMILES string of the molecule is CCCCOc1ccc(C(O)=C2C(=O)C(=O)N(Cc3cccnc3)[C@@H]2c2ccc(O)c(OC)c2)cc1C. The number of aliphatic hydroxyl groups excluding tert-OH is 1. The van der Waals surface area contributed by atoms with E-state index in [1.807, 2.05) is 6.92 Å². The zero-order valence-corrected chi connectivity index (χ0v) is 21.1. The molecule has 8 nitrogen and oxygen atoms in total. The highest BCUT2D eigenvalue weighted by Crippen LogP contribution is 2.42. The summed E-state index contributed by atoms with van der Waals surface area (Å²) in [5, 5.41) is 21.5. The summed E-state index contributed by atoms with van der Waals surface area (Å²) in [7, 11) is 1.42. The van der Waals surface area contributed by atoms with Gasteiger partial charge < -0.3 is 24.6 Å². The number of phenolic OH excluding ortho intramolecular Hbond substituents is 1. The third-order valence-electron chi connectivity index (χ3n) is 6.34. The Labute approximate surface area is 215 Å². The second-order valence-corrected chi connectivity index (χ2v) is 8.90. The molecule has 0 spiro atoms. The topological polar surface area (TPSA) is 109 Å². The number of Topliss-reactive ketones (excluding diaryl/α,β-unsaturated/α-hetero) is 1. The number of phenols is 1. The lowest BCUT2D eigenvalue weighted by atomic mass is 9.94. The summed E-state index contributed by atoms with van der Waals surface area (Å²) in [4.78, 5) is 32.1. The van der Waals surface area contributed by atoms with Crippen LogP contribution in [-0.4, -0.2) is 45.5 Å². The highest BCUT2D eigenvalue weighted by molar-refractivity contribution is 6.46. The number of hydrogen-bond donors (Lipinski definition) is 2. The Morgan fingerprint density at radius 2 is 1.92 bits per heavy atom. The third-order valence-corrected chi connectivity index (χ3v) is 6.34. The van der Waals surface area contributed by atoms with E-state index in [1.54, 1.807) is 54.9 Å². The summed E-state index contributed by atoms with van der Waals surface area (Å²) < 4.78 is 11.1. The first-order valence-electron chi connectivity index (χ1n) is 12.1. The molecule has 0 radical (unpaired) electrons. The summed E-state index contributed by atoms with van der Waals surface area (Å²) in [6.07, 6.45) is 5.18. The molecule has 0 bridgehead atoms. The largest absolute Gasteiger partial charge is 0.507 e. The second kappa shape index (κ2) is 11.2. The molecular formula is C29H30N2O6. The van der Waals surface area contributed by atoms with E-state index < -0.39 is 17.7 Å². The van der Waals surface area contributed by atoms with Crippen molar-refractivity contribution in [3.63, 3.8) is 0 Å². The fraction of sp³-hybridized carbons (Fsp3) is 0.276. The van der Waals surface area contributed by atoms with Gasteiger partial charge in [-0.25, -0.2) is 0 Å². The number of hydrogen-bond acceptors (Lipinski definition) is 7. The van der Waals surface area contributed by atoms with Crippen molar-refractivity contribution in [3.8, 4) is 17.2 Å². The van der Waals surface area contributed by atoms with Gasteiger partial charge in [0.15, 0.2) is 11.5 Å². The smallest absolute Gasteiger partial charge is 0.295 e. The average Bonchev–Trinajstić information content (AvgIpc) is 3.15. The molecule has 1 aliphatic rings. The summed E-state index contributed by atoms with van der Waals surface area (Å²) in [5.74, 6) is -1.01. The number of aliphatic hydroxyl groups is 1. The monoisotopic (exact) mass is 502 g/mol. The molecule has 8 heteroatoms. The van der Waals surface area contributed by atoms with E-state index >= 15 is 0 Å². The lowest BCUT2D eigenvalue weighted by molar-refractivity contribution is -0.140. The standard InChI is InChI=1S/C29H30N2O6/c1-4-5-13-37-23-11-9-21(14-18(23)2)27(33)25-26(20-8-10-22(32)24(15-20)36-3)31(29(35)28(25)34)17-19-7-6-12-30-16-19/h6-12,14-16,26,32-33H,4-5,13,17H2,1-3H3/t26-/m1/s1. The molecule has 2 aromatic carbocycles. The Morgan fingerprint density at radius 1 is 1.11 bits per heavy atom. The number of nitrogens with zero attached hydrogens (tertiary/aromatic N) is 2. The van der Waals surface area contributed by atoms with E-state index in [9.17, 15) is 19.8 Å². The number of carbonyl (C=O) groups excluding carboxylic acids is 2. The van der Waals surface area contributed by atoms with E-state index in [4.69, 9.17) is 9.47 Å². The van der Waals surface area contributed by atoms with Crippen molar-refractivity contribution in [1.82, 2.24) is 9.88 Å². The summed E-state index contributed by atoms with van der Waals surface area (Å²) in [6.45, 7) is 4.64. The number of aromatic hydroxyl groups is 1. The van der Waals surface area contributed by atoms with Gasteiger partial charge in [-0.3, -0.25) is 14.6 Å². The summed E-state index contributed by atoms with van der Waals surface area (Å²) in [6, 6.07) is 12.4. The third kappa shape index (κ3) is 5.28. The first-order valence-corrected chi connectivity index (χ1v) is 12.1. The van der Waals surface area contributed by atoms with Crippen LogP contribution in [0.3, 0.4) is 0 Å². The van der Waals surface area contributed by atoms with Gasteiger partial charge in [-0.15, -0.1) is 0 Å². The van der Waals surface area contributed by atoms with Crippen molar-refractivity contribution in [2.24, 2.45) is 0 Å². The molecule has 37 heavy (non-hydrogen) atoms. The lowest BCUT2D eigenvalue weighted by Gasteiger charge is -2.26. The van der Waals surface area contributed by atoms with Gasteiger partial charge in [0, 0.05) is 24.5 Å². The molecule has 192 valence electrons. The van der Waals surface area contributed by atoms with E-state index in [0.717, 1.165) is 24.0 Å². The van der Waals surface area contributed by atoms with E-state index in [1.165, 1.54) is 18.1 Å². The van der Waals surface area contributed by atoms with Crippen molar-refractivity contribution in [2.75, 3.05) is 13.7 Å². The van der Waals surface area contributed by atoms with Crippen molar-refractivity contribution in [3.05, 3.63) is 88.8 Å². The van der Waals surface area contributed by atoms with Crippen molar-refractivity contribution in [2.45, 2.75) is 39.3 Å². The molecule has 0 saturated carbocycles. The maximum absolute atomic E-state index is 13.3. The molecule has 0 unspecified atom stereocenters. The number of methoxy groups -OCH3 is 1. The minimum atomic E-state index is -0.907. The van der Waals surface area contributed by atoms with E-state index in [-0.39, 0.29) is 29.4 Å².